The van der Waals surface area contributed by atoms with Crippen molar-refractivity contribution in [3.63, 3.8) is 0 Å². The van der Waals surface area contributed by atoms with E-state index in [4.69, 9.17) is 4.74 Å². The molecule has 1 aromatic rings. The van der Waals surface area contributed by atoms with E-state index in [1.54, 1.807) is 20.8 Å². The number of carbonyl (C=O) groups excluding carboxylic acids is 1. The molecule has 0 saturated carbocycles. The number of anilines is 1. The molecule has 1 rings (SSSR count). The monoisotopic (exact) mass is 270 g/mol. The van der Waals surface area contributed by atoms with Crippen molar-refractivity contribution < 1.29 is 14.5 Å². The Kier molecular flexibility index (Phi) is 4.47. The second-order valence-electron chi connectivity index (χ2n) is 5.01. The summed E-state index contributed by atoms with van der Waals surface area (Å²) in [7, 11) is 0. The Morgan fingerprint density at radius 3 is 2.68 bits per heavy atom. The van der Waals surface area contributed by atoms with Gasteiger partial charge in [-0.05, 0) is 27.2 Å². The van der Waals surface area contributed by atoms with Crippen molar-refractivity contribution in [1.82, 2.24) is 9.78 Å². The Hall–Kier alpha value is -2.12. The topological polar surface area (TPSA) is 99.3 Å². The normalized spacial score (nSPS) is 11.2. The van der Waals surface area contributed by atoms with Gasteiger partial charge >= 0.3 is 11.8 Å². The van der Waals surface area contributed by atoms with Crippen LogP contribution in [0.1, 0.15) is 34.1 Å². The summed E-state index contributed by atoms with van der Waals surface area (Å²) in [4.78, 5) is 21.8. The molecule has 0 fully saturated rings. The van der Waals surface area contributed by atoms with Crippen molar-refractivity contribution in [2.24, 2.45) is 0 Å². The molecule has 0 atom stereocenters. The number of rotatable bonds is 4. The van der Waals surface area contributed by atoms with Crippen LogP contribution < -0.4 is 5.32 Å². The molecule has 8 heteroatoms. The molecule has 0 saturated heterocycles. The minimum Gasteiger partial charge on any atom is -0.444 e. The van der Waals surface area contributed by atoms with Gasteiger partial charge in [0, 0.05) is 6.54 Å². The summed E-state index contributed by atoms with van der Waals surface area (Å²) >= 11 is 0. The molecule has 8 nitrogen and oxygen atoms in total. The molecule has 0 aliphatic rings. The lowest BCUT2D eigenvalue weighted by Gasteiger charge is -2.18. The van der Waals surface area contributed by atoms with Crippen molar-refractivity contribution in [3.05, 3.63) is 16.3 Å². The zero-order valence-electron chi connectivity index (χ0n) is 11.5. The van der Waals surface area contributed by atoms with E-state index < -0.39 is 16.6 Å². The van der Waals surface area contributed by atoms with Crippen LogP contribution in [0.3, 0.4) is 0 Å². The van der Waals surface area contributed by atoms with E-state index in [9.17, 15) is 14.9 Å². The molecule has 106 valence electrons. The first-order valence-electron chi connectivity index (χ1n) is 5.94. The van der Waals surface area contributed by atoms with Crippen molar-refractivity contribution in [2.45, 2.75) is 46.3 Å². The van der Waals surface area contributed by atoms with Crippen molar-refractivity contribution in [3.8, 4) is 0 Å². The largest absolute Gasteiger partial charge is 0.444 e. The summed E-state index contributed by atoms with van der Waals surface area (Å²) in [6.45, 7) is 7.58. The van der Waals surface area contributed by atoms with Crippen molar-refractivity contribution in [2.75, 3.05) is 5.32 Å². The lowest BCUT2D eigenvalue weighted by Crippen LogP contribution is -2.27. The number of aromatic nitrogens is 2. The van der Waals surface area contributed by atoms with E-state index in [2.05, 4.69) is 10.4 Å². The highest BCUT2D eigenvalue weighted by atomic mass is 16.6. The highest BCUT2D eigenvalue weighted by Crippen LogP contribution is 2.23. The van der Waals surface area contributed by atoms with Gasteiger partial charge < -0.3 is 4.74 Å². The molecule has 1 amide bonds. The summed E-state index contributed by atoms with van der Waals surface area (Å²) in [5.41, 5.74) is -0.926. The van der Waals surface area contributed by atoms with Gasteiger partial charge in [0.25, 0.3) is 0 Å². The molecule has 0 unspecified atom stereocenters. The van der Waals surface area contributed by atoms with Crippen molar-refractivity contribution in [1.29, 1.82) is 0 Å². The number of nitro groups is 1. The lowest BCUT2D eigenvalue weighted by molar-refractivity contribution is -0.384. The van der Waals surface area contributed by atoms with Gasteiger partial charge in [-0.3, -0.25) is 20.1 Å². The number of carbonyl (C=O) groups is 1. The van der Waals surface area contributed by atoms with Crippen LogP contribution in [0.15, 0.2) is 6.20 Å². The number of ether oxygens (including phenoxy) is 1. The molecule has 1 heterocycles. The smallest absolute Gasteiger partial charge is 0.413 e. The molecule has 0 aliphatic carbocycles. The fourth-order valence-corrected chi connectivity index (χ4v) is 1.38. The fourth-order valence-electron chi connectivity index (χ4n) is 1.38. The van der Waals surface area contributed by atoms with Gasteiger partial charge in [-0.1, -0.05) is 6.92 Å². The fraction of sp³-hybridized carbons (Fsp3) is 0.636. The predicted molar refractivity (Wildman–Crippen MR) is 69.0 cm³/mol. The number of nitrogens with one attached hydrogen (secondary N) is 1. The molecule has 1 aromatic heterocycles. The first kappa shape index (κ1) is 14.9. The third-order valence-electron chi connectivity index (χ3n) is 2.01. The standard InChI is InChI=1S/C11H18N4O4/c1-5-6-14-7-8(15(17)18)9(13-14)12-10(16)19-11(2,3)4/h7H,5-6H2,1-4H3,(H,12,13,16). The molecule has 0 aromatic carbocycles. The third kappa shape index (κ3) is 4.57. The minimum absolute atomic E-state index is 0.104. The molecule has 0 radical (unpaired) electrons. The van der Waals surface area contributed by atoms with Crippen LogP contribution in [-0.2, 0) is 11.3 Å². The van der Waals surface area contributed by atoms with Crippen LogP contribution in [0, 0.1) is 10.1 Å². The Labute approximate surface area is 110 Å². The molecular formula is C11H18N4O4. The third-order valence-corrected chi connectivity index (χ3v) is 2.01. The first-order chi connectivity index (χ1) is 8.73. The van der Waals surface area contributed by atoms with Gasteiger partial charge in [-0.2, -0.15) is 0 Å². The van der Waals surface area contributed by atoms with Crippen LogP contribution in [-0.4, -0.2) is 26.4 Å². The summed E-state index contributed by atoms with van der Waals surface area (Å²) < 4.78 is 6.45. The number of nitrogens with zero attached hydrogens (tertiary/aromatic N) is 3. The second kappa shape index (κ2) is 5.68. The van der Waals surface area contributed by atoms with E-state index in [1.807, 2.05) is 6.92 Å². The number of aryl methyl sites for hydroxylation is 1. The molecule has 19 heavy (non-hydrogen) atoms. The van der Waals surface area contributed by atoms with Crippen LogP contribution in [0.2, 0.25) is 0 Å². The Bertz CT molecular complexity index is 476. The zero-order valence-corrected chi connectivity index (χ0v) is 11.5. The van der Waals surface area contributed by atoms with Gasteiger partial charge in [-0.15, -0.1) is 5.10 Å². The summed E-state index contributed by atoms with van der Waals surface area (Å²) in [6, 6.07) is 0. The summed E-state index contributed by atoms with van der Waals surface area (Å²) in [5, 5.41) is 17.1. The van der Waals surface area contributed by atoms with Gasteiger partial charge in [0.1, 0.15) is 11.8 Å². The molecular weight excluding hydrogens is 252 g/mol. The van der Waals surface area contributed by atoms with Gasteiger partial charge in [0.2, 0.25) is 5.82 Å². The van der Waals surface area contributed by atoms with Gasteiger partial charge in [-0.25, -0.2) is 4.79 Å². The maximum Gasteiger partial charge on any atom is 0.413 e. The van der Waals surface area contributed by atoms with E-state index in [0.717, 1.165) is 6.42 Å². The van der Waals surface area contributed by atoms with Crippen LogP contribution in [0.4, 0.5) is 16.3 Å². The van der Waals surface area contributed by atoms with Crippen molar-refractivity contribution >= 4 is 17.6 Å². The van der Waals surface area contributed by atoms with E-state index in [-0.39, 0.29) is 11.5 Å². The van der Waals surface area contributed by atoms with Crippen LogP contribution >= 0.6 is 0 Å². The molecule has 0 aliphatic heterocycles. The second-order valence-corrected chi connectivity index (χ2v) is 5.01. The summed E-state index contributed by atoms with van der Waals surface area (Å²) in [6.07, 6.45) is 1.30. The molecule has 1 N–H and O–H groups in total. The highest BCUT2D eigenvalue weighted by Gasteiger charge is 2.24. The van der Waals surface area contributed by atoms with Crippen LogP contribution in [0.5, 0.6) is 0 Å². The predicted octanol–water partition coefficient (Wildman–Crippen LogP) is 2.55. The Balaban J connectivity index is 2.87. The SMILES string of the molecule is CCCn1cc([N+](=O)[O-])c(NC(=O)OC(C)(C)C)n1. The van der Waals surface area contributed by atoms with Gasteiger partial charge in [0.15, 0.2) is 0 Å². The number of hydrogen-bond acceptors (Lipinski definition) is 5. The maximum absolute atomic E-state index is 11.6. The lowest BCUT2D eigenvalue weighted by atomic mass is 10.2. The van der Waals surface area contributed by atoms with E-state index in [0.29, 0.717) is 6.54 Å². The highest BCUT2D eigenvalue weighted by molar-refractivity contribution is 5.86. The van der Waals surface area contributed by atoms with E-state index >= 15 is 0 Å². The minimum atomic E-state index is -0.766. The maximum atomic E-state index is 11.6. The molecule has 0 bridgehead atoms. The number of amides is 1. The average molecular weight is 270 g/mol. The first-order valence-corrected chi connectivity index (χ1v) is 5.94. The van der Waals surface area contributed by atoms with Crippen LogP contribution in [0.25, 0.3) is 0 Å². The summed E-state index contributed by atoms with van der Waals surface area (Å²) in [5.74, 6) is -0.104. The van der Waals surface area contributed by atoms with E-state index in [1.165, 1.54) is 10.9 Å². The number of hydrogen-bond donors (Lipinski definition) is 1. The zero-order chi connectivity index (χ0) is 14.6. The van der Waals surface area contributed by atoms with Gasteiger partial charge in [0.05, 0.1) is 4.92 Å². The quantitative estimate of drug-likeness (QED) is 0.669. The Morgan fingerprint density at radius 1 is 1.58 bits per heavy atom. The Morgan fingerprint density at radius 2 is 2.21 bits per heavy atom. The molecule has 0 spiro atoms. The average Bonchev–Trinajstić information content (AvgIpc) is 2.58.